The van der Waals surface area contributed by atoms with Gasteiger partial charge in [0.05, 0.1) is 6.61 Å². The molecule has 2 saturated heterocycles. The van der Waals surface area contributed by atoms with Crippen LogP contribution in [0.3, 0.4) is 0 Å². The molecule has 0 aromatic rings. The monoisotopic (exact) mass is 223 g/mol. The molecule has 2 unspecified atom stereocenters. The van der Waals surface area contributed by atoms with E-state index in [1.54, 1.807) is 0 Å². The van der Waals surface area contributed by atoms with Gasteiger partial charge < -0.3 is 9.64 Å². The number of unbranched alkanes of at least 4 members (excludes halogenated alkanes) is 1. The first-order valence-electron chi connectivity index (χ1n) is 6.34. The fourth-order valence-electron chi connectivity index (χ4n) is 2.79. The second kappa shape index (κ2) is 4.89. The van der Waals surface area contributed by atoms with E-state index in [0.29, 0.717) is 18.7 Å². The summed E-state index contributed by atoms with van der Waals surface area (Å²) < 4.78 is 5.30. The first kappa shape index (κ1) is 11.5. The van der Waals surface area contributed by atoms with Gasteiger partial charge in [-0.1, -0.05) is 25.5 Å². The molecule has 0 aromatic heterocycles. The zero-order chi connectivity index (χ0) is 11.5. The Kier molecular flexibility index (Phi) is 3.52. The van der Waals surface area contributed by atoms with Crippen LogP contribution in [0.25, 0.3) is 0 Å². The number of hydrogen-bond acceptors (Lipinski definition) is 2. The third-order valence-corrected chi connectivity index (χ3v) is 3.60. The van der Waals surface area contributed by atoms with Gasteiger partial charge in [-0.3, -0.25) is 0 Å². The molecule has 2 heterocycles. The van der Waals surface area contributed by atoms with E-state index in [-0.39, 0.29) is 6.09 Å². The number of hydrogen-bond donors (Lipinski definition) is 0. The minimum absolute atomic E-state index is 0.103. The second-order valence-electron chi connectivity index (χ2n) is 4.92. The van der Waals surface area contributed by atoms with E-state index in [9.17, 15) is 4.79 Å². The highest BCUT2D eigenvalue weighted by Crippen LogP contribution is 2.37. The third kappa shape index (κ3) is 2.23. The highest BCUT2D eigenvalue weighted by atomic mass is 16.6. The highest BCUT2D eigenvalue weighted by molar-refractivity contribution is 5.69. The summed E-state index contributed by atoms with van der Waals surface area (Å²) in [6.45, 7) is 6.71. The van der Waals surface area contributed by atoms with Gasteiger partial charge in [0.2, 0.25) is 0 Å². The van der Waals surface area contributed by atoms with Crippen molar-refractivity contribution in [3.8, 4) is 0 Å². The van der Waals surface area contributed by atoms with Gasteiger partial charge in [-0.25, -0.2) is 4.79 Å². The standard InChI is InChI=1S/C13H21NO2/c1-3-4-7-16-13(15)14-11-5-6-12(14)9-10(2)8-11/h11-12H,2-9H2,1H3. The topological polar surface area (TPSA) is 29.5 Å². The Morgan fingerprint density at radius 2 is 2.06 bits per heavy atom. The summed E-state index contributed by atoms with van der Waals surface area (Å²) in [4.78, 5) is 13.9. The molecule has 1 amide bonds. The molecule has 2 atom stereocenters. The Labute approximate surface area is 97.5 Å². The lowest BCUT2D eigenvalue weighted by molar-refractivity contribution is 0.0765. The maximum Gasteiger partial charge on any atom is 0.410 e. The van der Waals surface area contributed by atoms with Crippen LogP contribution < -0.4 is 0 Å². The van der Waals surface area contributed by atoms with Crippen LogP contribution in [0.5, 0.6) is 0 Å². The fraction of sp³-hybridized carbons (Fsp3) is 0.769. The van der Waals surface area contributed by atoms with E-state index < -0.39 is 0 Å². The van der Waals surface area contributed by atoms with Crippen LogP contribution in [0, 0.1) is 0 Å². The molecule has 3 nitrogen and oxygen atoms in total. The molecule has 3 heteroatoms. The molecule has 0 aliphatic carbocycles. The number of carbonyl (C=O) groups excluding carboxylic acids is 1. The molecule has 90 valence electrons. The fourth-order valence-corrected chi connectivity index (χ4v) is 2.79. The lowest BCUT2D eigenvalue weighted by atomic mass is 9.99. The maximum absolute atomic E-state index is 11.9. The van der Waals surface area contributed by atoms with E-state index in [0.717, 1.165) is 38.5 Å². The molecule has 2 aliphatic heterocycles. The summed E-state index contributed by atoms with van der Waals surface area (Å²) in [5, 5.41) is 0. The van der Waals surface area contributed by atoms with Crippen molar-refractivity contribution >= 4 is 6.09 Å². The lowest BCUT2D eigenvalue weighted by Crippen LogP contribution is -2.44. The minimum Gasteiger partial charge on any atom is -0.449 e. The van der Waals surface area contributed by atoms with Crippen LogP contribution in [0.4, 0.5) is 4.79 Å². The molecule has 0 saturated carbocycles. The highest BCUT2D eigenvalue weighted by Gasteiger charge is 2.41. The summed E-state index contributed by atoms with van der Waals surface area (Å²) >= 11 is 0. The number of ether oxygens (including phenoxy) is 1. The van der Waals surface area contributed by atoms with Crippen LogP contribution in [0.1, 0.15) is 45.4 Å². The minimum atomic E-state index is -0.103. The van der Waals surface area contributed by atoms with Crippen molar-refractivity contribution in [1.29, 1.82) is 0 Å². The van der Waals surface area contributed by atoms with Gasteiger partial charge in [-0.2, -0.15) is 0 Å². The quantitative estimate of drug-likeness (QED) is 0.543. The van der Waals surface area contributed by atoms with Crippen molar-refractivity contribution in [2.24, 2.45) is 0 Å². The summed E-state index contributed by atoms with van der Waals surface area (Å²) in [6, 6.07) is 0.723. The molecule has 2 fully saturated rings. The van der Waals surface area contributed by atoms with Gasteiger partial charge in [0.1, 0.15) is 0 Å². The van der Waals surface area contributed by atoms with Crippen LogP contribution in [-0.4, -0.2) is 29.7 Å². The van der Waals surface area contributed by atoms with Crippen molar-refractivity contribution < 1.29 is 9.53 Å². The Balaban J connectivity index is 1.90. The number of piperidine rings is 1. The molecule has 2 aliphatic rings. The van der Waals surface area contributed by atoms with E-state index >= 15 is 0 Å². The van der Waals surface area contributed by atoms with Gasteiger partial charge in [0, 0.05) is 12.1 Å². The molecule has 0 spiro atoms. The predicted molar refractivity (Wildman–Crippen MR) is 63.3 cm³/mol. The molecule has 2 bridgehead atoms. The largest absolute Gasteiger partial charge is 0.449 e. The number of amides is 1. The van der Waals surface area contributed by atoms with Crippen LogP contribution in [-0.2, 0) is 4.74 Å². The number of fused-ring (bicyclic) bond motifs is 2. The van der Waals surface area contributed by atoms with E-state index in [1.165, 1.54) is 5.57 Å². The summed E-state index contributed by atoms with van der Waals surface area (Å²) in [6.07, 6.45) is 6.10. The molecule has 0 aromatic carbocycles. The second-order valence-corrected chi connectivity index (χ2v) is 4.92. The smallest absolute Gasteiger partial charge is 0.410 e. The van der Waals surface area contributed by atoms with E-state index in [4.69, 9.17) is 4.74 Å². The summed E-state index contributed by atoms with van der Waals surface area (Å²) in [5.41, 5.74) is 1.30. The summed E-state index contributed by atoms with van der Waals surface area (Å²) in [7, 11) is 0. The molecule has 2 rings (SSSR count). The van der Waals surface area contributed by atoms with Crippen molar-refractivity contribution in [2.75, 3.05) is 6.61 Å². The van der Waals surface area contributed by atoms with E-state index in [2.05, 4.69) is 13.5 Å². The molecule has 0 radical (unpaired) electrons. The predicted octanol–water partition coefficient (Wildman–Crippen LogP) is 3.11. The Morgan fingerprint density at radius 3 is 2.62 bits per heavy atom. The average molecular weight is 223 g/mol. The van der Waals surface area contributed by atoms with Gasteiger partial charge in [-0.05, 0) is 32.1 Å². The van der Waals surface area contributed by atoms with Crippen molar-refractivity contribution in [3.05, 3.63) is 12.2 Å². The average Bonchev–Trinajstić information content (AvgIpc) is 2.52. The van der Waals surface area contributed by atoms with Crippen molar-refractivity contribution in [2.45, 2.75) is 57.5 Å². The van der Waals surface area contributed by atoms with Crippen LogP contribution in [0.15, 0.2) is 12.2 Å². The van der Waals surface area contributed by atoms with Gasteiger partial charge in [0.15, 0.2) is 0 Å². The molecule has 0 N–H and O–H groups in total. The normalized spacial score (nSPS) is 28.3. The van der Waals surface area contributed by atoms with Crippen molar-refractivity contribution in [3.63, 3.8) is 0 Å². The molecular formula is C13H21NO2. The number of rotatable bonds is 3. The lowest BCUT2D eigenvalue weighted by Gasteiger charge is -2.34. The maximum atomic E-state index is 11.9. The molecule has 16 heavy (non-hydrogen) atoms. The zero-order valence-electron chi connectivity index (χ0n) is 10.1. The third-order valence-electron chi connectivity index (χ3n) is 3.60. The van der Waals surface area contributed by atoms with E-state index in [1.807, 2.05) is 4.90 Å². The first-order chi connectivity index (χ1) is 7.72. The Bertz CT molecular complexity index is 272. The Hall–Kier alpha value is -0.990. The van der Waals surface area contributed by atoms with Crippen LogP contribution >= 0.6 is 0 Å². The number of carbonyl (C=O) groups is 1. The van der Waals surface area contributed by atoms with Gasteiger partial charge in [-0.15, -0.1) is 0 Å². The van der Waals surface area contributed by atoms with Gasteiger partial charge >= 0.3 is 6.09 Å². The Morgan fingerprint density at radius 1 is 1.44 bits per heavy atom. The number of nitrogens with zero attached hydrogens (tertiary/aromatic N) is 1. The molecular weight excluding hydrogens is 202 g/mol. The summed E-state index contributed by atoms with van der Waals surface area (Å²) in [5.74, 6) is 0. The van der Waals surface area contributed by atoms with Crippen molar-refractivity contribution in [1.82, 2.24) is 4.90 Å². The van der Waals surface area contributed by atoms with Crippen LogP contribution in [0.2, 0.25) is 0 Å². The zero-order valence-corrected chi connectivity index (χ0v) is 10.1. The first-order valence-corrected chi connectivity index (χ1v) is 6.34. The van der Waals surface area contributed by atoms with Gasteiger partial charge in [0.25, 0.3) is 0 Å². The SMILES string of the molecule is C=C1CC2CCC(C1)N2C(=O)OCCCC.